The molecular formula is C18H20F2O2. The minimum absolute atomic E-state index is 0.375. The summed E-state index contributed by atoms with van der Waals surface area (Å²) in [6.45, 7) is 9.42. The Bertz CT molecular complexity index is 615. The number of terminal acetylenes is 1. The van der Waals surface area contributed by atoms with Crippen LogP contribution in [0.3, 0.4) is 0 Å². The summed E-state index contributed by atoms with van der Waals surface area (Å²) in [5, 5.41) is 0. The molecule has 0 aromatic heterocycles. The van der Waals surface area contributed by atoms with Crippen molar-refractivity contribution in [1.29, 1.82) is 0 Å². The topological polar surface area (TPSA) is 26.3 Å². The molecule has 0 spiro atoms. The van der Waals surface area contributed by atoms with E-state index in [4.69, 9.17) is 11.2 Å². The van der Waals surface area contributed by atoms with Crippen LogP contribution >= 0.6 is 0 Å². The third-order valence-corrected chi connectivity index (χ3v) is 4.82. The highest BCUT2D eigenvalue weighted by molar-refractivity contribution is 5.79. The minimum atomic E-state index is -1.75. The predicted octanol–water partition coefficient (Wildman–Crippen LogP) is 4.25. The molecule has 0 amide bonds. The summed E-state index contributed by atoms with van der Waals surface area (Å²) in [5.74, 6) is 1.16. The number of esters is 1. The molecule has 0 heterocycles. The van der Waals surface area contributed by atoms with E-state index in [1.807, 2.05) is 6.92 Å². The lowest BCUT2D eigenvalue weighted by Crippen LogP contribution is -2.20. The molecule has 4 heteroatoms. The first-order valence-electron chi connectivity index (χ1n) is 7.24. The van der Waals surface area contributed by atoms with Crippen molar-refractivity contribution in [2.75, 3.05) is 0 Å². The zero-order valence-corrected chi connectivity index (χ0v) is 13.1. The van der Waals surface area contributed by atoms with E-state index in [1.165, 1.54) is 0 Å². The van der Waals surface area contributed by atoms with Gasteiger partial charge in [-0.2, -0.15) is 8.78 Å². The Labute approximate surface area is 129 Å². The molecule has 0 aromatic rings. The standard InChI is InChI=1S/C18H20F2O2/c1-6-7-12-10(2)8-14(11(12)3)22-17(21)16-13(9-15(19)20)18(16,4)5/h1,9,13-14,16H,2,7-8H2,3-5H3/t13-,14-,16-/m0/s1. The predicted molar refractivity (Wildman–Crippen MR) is 80.8 cm³/mol. The average Bonchev–Trinajstić information content (AvgIpc) is 2.83. The van der Waals surface area contributed by atoms with E-state index in [1.54, 1.807) is 13.8 Å². The zero-order chi connectivity index (χ0) is 16.7. The summed E-state index contributed by atoms with van der Waals surface area (Å²) >= 11 is 0. The van der Waals surface area contributed by atoms with Crippen molar-refractivity contribution in [3.05, 3.63) is 35.5 Å². The fourth-order valence-electron chi connectivity index (χ4n) is 3.26. The number of rotatable bonds is 4. The van der Waals surface area contributed by atoms with Crippen LogP contribution in [0.25, 0.3) is 0 Å². The van der Waals surface area contributed by atoms with Gasteiger partial charge in [-0.25, -0.2) is 0 Å². The molecule has 2 rings (SSSR count). The molecule has 2 aliphatic rings. The summed E-state index contributed by atoms with van der Waals surface area (Å²) < 4.78 is 30.4. The second kappa shape index (κ2) is 5.72. The lowest BCUT2D eigenvalue weighted by atomic mass is 10.1. The highest BCUT2D eigenvalue weighted by atomic mass is 19.3. The molecule has 2 aliphatic carbocycles. The number of carbonyl (C=O) groups excluding carboxylic acids is 1. The largest absolute Gasteiger partial charge is 0.457 e. The molecule has 0 aromatic carbocycles. The van der Waals surface area contributed by atoms with Crippen LogP contribution in [0.1, 0.15) is 33.6 Å². The molecule has 22 heavy (non-hydrogen) atoms. The van der Waals surface area contributed by atoms with E-state index in [0.717, 1.165) is 22.8 Å². The van der Waals surface area contributed by atoms with Crippen LogP contribution in [0.15, 0.2) is 35.5 Å². The van der Waals surface area contributed by atoms with Crippen LogP contribution in [0.4, 0.5) is 8.78 Å². The quantitative estimate of drug-likeness (QED) is 0.573. The Balaban J connectivity index is 2.07. The van der Waals surface area contributed by atoms with Gasteiger partial charge >= 0.3 is 5.97 Å². The third kappa shape index (κ3) is 2.85. The van der Waals surface area contributed by atoms with Gasteiger partial charge in [-0.15, -0.1) is 12.3 Å². The molecule has 0 radical (unpaired) electrons. The zero-order valence-electron chi connectivity index (χ0n) is 13.1. The van der Waals surface area contributed by atoms with Gasteiger partial charge in [-0.05, 0) is 35.1 Å². The third-order valence-electron chi connectivity index (χ3n) is 4.82. The Morgan fingerprint density at radius 3 is 2.73 bits per heavy atom. The Hall–Kier alpha value is -1.89. The van der Waals surface area contributed by atoms with E-state index in [2.05, 4.69) is 12.5 Å². The first-order chi connectivity index (χ1) is 10.2. The van der Waals surface area contributed by atoms with Gasteiger partial charge in [0, 0.05) is 18.8 Å². The molecule has 0 N–H and O–H groups in total. The highest BCUT2D eigenvalue weighted by Gasteiger charge is 2.62. The summed E-state index contributed by atoms with van der Waals surface area (Å²) in [5.41, 5.74) is 2.27. The number of hydrogen-bond acceptors (Lipinski definition) is 2. The van der Waals surface area contributed by atoms with Crippen LogP contribution in [-0.4, -0.2) is 12.1 Å². The van der Waals surface area contributed by atoms with Crippen molar-refractivity contribution in [3.63, 3.8) is 0 Å². The van der Waals surface area contributed by atoms with Crippen LogP contribution in [0.5, 0.6) is 0 Å². The summed E-state index contributed by atoms with van der Waals surface area (Å²) in [7, 11) is 0. The van der Waals surface area contributed by atoms with Gasteiger partial charge in [-0.3, -0.25) is 4.79 Å². The first kappa shape index (κ1) is 16.5. The van der Waals surface area contributed by atoms with Gasteiger partial charge in [0.15, 0.2) is 0 Å². The van der Waals surface area contributed by atoms with Crippen LogP contribution in [0, 0.1) is 29.6 Å². The number of carbonyl (C=O) groups is 1. The van der Waals surface area contributed by atoms with Crippen molar-refractivity contribution in [2.45, 2.75) is 39.7 Å². The lowest BCUT2D eigenvalue weighted by Gasteiger charge is -2.14. The normalized spacial score (nSPS) is 29.1. The van der Waals surface area contributed by atoms with Gasteiger partial charge in [-0.1, -0.05) is 20.4 Å². The van der Waals surface area contributed by atoms with Crippen molar-refractivity contribution in [2.24, 2.45) is 17.3 Å². The summed E-state index contributed by atoms with van der Waals surface area (Å²) in [6.07, 6.45) is 5.04. The Morgan fingerprint density at radius 2 is 2.18 bits per heavy atom. The highest BCUT2D eigenvalue weighted by Crippen LogP contribution is 2.60. The van der Waals surface area contributed by atoms with Crippen LogP contribution < -0.4 is 0 Å². The monoisotopic (exact) mass is 306 g/mol. The average molecular weight is 306 g/mol. The number of allylic oxidation sites excluding steroid dienone is 2. The summed E-state index contributed by atoms with van der Waals surface area (Å²) in [4.78, 5) is 12.3. The maximum absolute atomic E-state index is 12.4. The number of ether oxygens (including phenoxy) is 1. The van der Waals surface area contributed by atoms with Gasteiger partial charge < -0.3 is 4.74 Å². The fraction of sp³-hybridized carbons (Fsp3) is 0.500. The van der Waals surface area contributed by atoms with Gasteiger partial charge in [0.05, 0.1) is 5.92 Å². The van der Waals surface area contributed by atoms with Gasteiger partial charge in [0.2, 0.25) is 0 Å². The van der Waals surface area contributed by atoms with Crippen LogP contribution in [-0.2, 0) is 9.53 Å². The SMILES string of the molecule is C#CCC1=C(C)[C@@H](OC(=O)[C@@H]2[C@H](C=C(F)F)C2(C)C)CC1=C. The molecule has 0 aliphatic heterocycles. The second-order valence-electron chi connectivity index (χ2n) is 6.56. The molecule has 118 valence electrons. The molecule has 2 nitrogen and oxygen atoms in total. The number of hydrogen-bond donors (Lipinski definition) is 0. The van der Waals surface area contributed by atoms with Gasteiger partial charge in [0.1, 0.15) is 6.10 Å². The molecule has 0 bridgehead atoms. The van der Waals surface area contributed by atoms with Crippen molar-refractivity contribution >= 4 is 5.97 Å². The molecular weight excluding hydrogens is 286 g/mol. The molecule has 0 saturated heterocycles. The molecule has 1 fully saturated rings. The first-order valence-corrected chi connectivity index (χ1v) is 7.24. The van der Waals surface area contributed by atoms with Crippen LogP contribution in [0.2, 0.25) is 0 Å². The van der Waals surface area contributed by atoms with E-state index >= 15 is 0 Å². The minimum Gasteiger partial charge on any atom is -0.457 e. The number of halogens is 2. The van der Waals surface area contributed by atoms with Gasteiger partial charge in [0.25, 0.3) is 6.08 Å². The maximum Gasteiger partial charge on any atom is 0.310 e. The molecule has 3 atom stereocenters. The molecule has 0 unspecified atom stereocenters. The maximum atomic E-state index is 12.4. The molecule has 1 saturated carbocycles. The van der Waals surface area contributed by atoms with Crippen molar-refractivity contribution in [1.82, 2.24) is 0 Å². The lowest BCUT2D eigenvalue weighted by molar-refractivity contribution is -0.149. The summed E-state index contributed by atoms with van der Waals surface area (Å²) in [6, 6.07) is 0. The van der Waals surface area contributed by atoms with Crippen molar-refractivity contribution in [3.8, 4) is 12.3 Å². The van der Waals surface area contributed by atoms with E-state index in [0.29, 0.717) is 12.8 Å². The van der Waals surface area contributed by atoms with E-state index in [9.17, 15) is 13.6 Å². The Morgan fingerprint density at radius 1 is 1.55 bits per heavy atom. The second-order valence-corrected chi connectivity index (χ2v) is 6.56. The van der Waals surface area contributed by atoms with E-state index in [-0.39, 0.29) is 6.10 Å². The smallest absolute Gasteiger partial charge is 0.310 e. The fourth-order valence-corrected chi connectivity index (χ4v) is 3.26. The van der Waals surface area contributed by atoms with E-state index < -0.39 is 29.3 Å². The Kier molecular flexibility index (Phi) is 4.28. The van der Waals surface area contributed by atoms with Crippen molar-refractivity contribution < 1.29 is 18.3 Å².